The van der Waals surface area contributed by atoms with Crippen molar-refractivity contribution in [3.63, 3.8) is 0 Å². The van der Waals surface area contributed by atoms with Crippen LogP contribution in [-0.2, 0) is 0 Å². The molecule has 0 spiro atoms. The fourth-order valence-corrected chi connectivity index (χ4v) is 7.40. The summed E-state index contributed by atoms with van der Waals surface area (Å²) in [5.74, 6) is 1.72. The molecular weight excluding hydrogens is 631 g/mol. The van der Waals surface area contributed by atoms with E-state index in [2.05, 4.69) is 71.3 Å². The van der Waals surface area contributed by atoms with E-state index in [1.807, 2.05) is 85.1 Å². The zero-order chi connectivity index (χ0) is 33.5. The number of nitrogens with zero attached hydrogens (tertiary/aromatic N) is 5. The molecule has 0 aliphatic rings. The van der Waals surface area contributed by atoms with Crippen molar-refractivity contribution in [2.24, 2.45) is 0 Å². The van der Waals surface area contributed by atoms with Crippen LogP contribution in [0.5, 0.6) is 0 Å². The summed E-state index contributed by atoms with van der Waals surface area (Å²) >= 11 is 0. The molecule has 51 heavy (non-hydrogen) atoms. The lowest BCUT2D eigenvalue weighted by Crippen LogP contribution is -2.00. The van der Waals surface area contributed by atoms with Crippen LogP contribution >= 0.6 is 0 Å². The molecule has 238 valence electrons. The van der Waals surface area contributed by atoms with Gasteiger partial charge in [0.05, 0.1) is 11.2 Å². The summed E-state index contributed by atoms with van der Waals surface area (Å²) in [4.78, 5) is 19.9. The molecule has 0 radical (unpaired) electrons. The molecule has 11 aromatic rings. The minimum Gasteiger partial charge on any atom is -0.456 e. The largest absolute Gasteiger partial charge is 0.456 e. The summed E-state index contributed by atoms with van der Waals surface area (Å²) in [5, 5.41) is 6.34. The van der Waals surface area contributed by atoms with Crippen molar-refractivity contribution >= 4 is 65.8 Å². The van der Waals surface area contributed by atoms with E-state index < -0.39 is 0 Å². The summed E-state index contributed by atoms with van der Waals surface area (Å²) in [7, 11) is 0. The van der Waals surface area contributed by atoms with Gasteiger partial charge in [0, 0.05) is 61.3 Å². The molecule has 0 saturated heterocycles. The predicted molar refractivity (Wildman–Crippen MR) is 203 cm³/mol. The number of para-hydroxylation sites is 2. The van der Waals surface area contributed by atoms with Gasteiger partial charge in [0.2, 0.25) is 0 Å². The molecule has 0 bridgehead atoms. The standard InChI is InChI=1S/C44H25N5O2/c1-2-10-26(11-3-1)41-46-42(48-43(47-41)34-14-8-18-37-40(34)33-13-5-7-17-36(33)50-37)27-19-21-30-31-22-20-28(25-39(31)51-38(30)24-27)49-35-16-6-4-12-29(35)32-15-9-23-45-44(32)49/h1-25H. The van der Waals surface area contributed by atoms with Crippen LogP contribution in [0, 0.1) is 0 Å². The average molecular weight is 656 g/mol. The zero-order valence-electron chi connectivity index (χ0n) is 27.0. The first kappa shape index (κ1) is 27.8. The maximum absolute atomic E-state index is 6.59. The van der Waals surface area contributed by atoms with Crippen LogP contribution in [0.1, 0.15) is 0 Å². The Morgan fingerprint density at radius 2 is 1.12 bits per heavy atom. The van der Waals surface area contributed by atoms with Crippen molar-refractivity contribution in [2.75, 3.05) is 0 Å². The molecule has 5 heterocycles. The Hall–Kier alpha value is -7.12. The topological polar surface area (TPSA) is 82.8 Å². The summed E-state index contributed by atoms with van der Waals surface area (Å²) in [5.41, 5.74) is 8.78. The Balaban J connectivity index is 1.08. The highest BCUT2D eigenvalue weighted by molar-refractivity contribution is 6.12. The van der Waals surface area contributed by atoms with Crippen LogP contribution in [0.4, 0.5) is 0 Å². The maximum Gasteiger partial charge on any atom is 0.164 e. The monoisotopic (exact) mass is 655 g/mol. The number of hydrogen-bond donors (Lipinski definition) is 0. The highest BCUT2D eigenvalue weighted by Gasteiger charge is 2.19. The maximum atomic E-state index is 6.59. The van der Waals surface area contributed by atoms with Crippen molar-refractivity contribution in [3.05, 3.63) is 152 Å². The molecule has 0 unspecified atom stereocenters. The van der Waals surface area contributed by atoms with Crippen LogP contribution in [0.15, 0.2) is 161 Å². The van der Waals surface area contributed by atoms with Gasteiger partial charge in [-0.25, -0.2) is 19.9 Å². The van der Waals surface area contributed by atoms with E-state index in [4.69, 9.17) is 28.8 Å². The van der Waals surface area contributed by atoms with Crippen molar-refractivity contribution < 1.29 is 8.83 Å². The van der Waals surface area contributed by atoms with Crippen LogP contribution in [-0.4, -0.2) is 24.5 Å². The van der Waals surface area contributed by atoms with E-state index in [0.29, 0.717) is 17.5 Å². The first-order chi connectivity index (χ1) is 25.3. The van der Waals surface area contributed by atoms with Crippen LogP contribution in [0.2, 0.25) is 0 Å². The first-order valence-corrected chi connectivity index (χ1v) is 16.8. The Morgan fingerprint density at radius 1 is 0.431 bits per heavy atom. The van der Waals surface area contributed by atoms with Gasteiger partial charge in [-0.15, -0.1) is 0 Å². The predicted octanol–water partition coefficient (Wildman–Crippen LogP) is 11.2. The second-order valence-corrected chi connectivity index (χ2v) is 12.7. The Bertz CT molecular complexity index is 3100. The number of rotatable bonds is 4. The van der Waals surface area contributed by atoms with Gasteiger partial charge in [0.15, 0.2) is 17.5 Å². The number of furan rings is 2. The normalized spacial score (nSPS) is 11.9. The second-order valence-electron chi connectivity index (χ2n) is 12.7. The second kappa shape index (κ2) is 10.7. The van der Waals surface area contributed by atoms with Crippen LogP contribution < -0.4 is 0 Å². The SMILES string of the molecule is c1ccc(-c2nc(-c3ccc4c(c3)oc3cc(-n5c6ccccc6c6cccnc65)ccc34)nc(-c3cccc4oc5ccccc5c34)n2)cc1. The fourth-order valence-electron chi connectivity index (χ4n) is 7.40. The van der Waals surface area contributed by atoms with Gasteiger partial charge in [-0.3, -0.25) is 4.57 Å². The van der Waals surface area contributed by atoms with Gasteiger partial charge < -0.3 is 8.83 Å². The molecule has 0 aliphatic carbocycles. The van der Waals surface area contributed by atoms with Gasteiger partial charge in [-0.1, -0.05) is 84.9 Å². The smallest absolute Gasteiger partial charge is 0.164 e. The third kappa shape index (κ3) is 4.25. The summed E-state index contributed by atoms with van der Waals surface area (Å²) in [6.07, 6.45) is 1.84. The molecule has 0 aliphatic heterocycles. The molecule has 0 atom stereocenters. The lowest BCUT2D eigenvalue weighted by Gasteiger charge is -2.09. The average Bonchev–Trinajstić information content (AvgIpc) is 3.87. The van der Waals surface area contributed by atoms with E-state index in [9.17, 15) is 0 Å². The Kier molecular flexibility index (Phi) is 5.83. The fraction of sp³-hybridized carbons (Fsp3) is 0. The number of fused-ring (bicyclic) bond motifs is 9. The van der Waals surface area contributed by atoms with E-state index in [0.717, 1.165) is 82.8 Å². The van der Waals surface area contributed by atoms with E-state index in [1.165, 1.54) is 5.39 Å². The summed E-state index contributed by atoms with van der Waals surface area (Å²) in [6.45, 7) is 0. The van der Waals surface area contributed by atoms with Gasteiger partial charge in [-0.2, -0.15) is 0 Å². The molecule has 5 aromatic heterocycles. The molecule has 0 fully saturated rings. The van der Waals surface area contributed by atoms with Gasteiger partial charge in [0.1, 0.15) is 28.0 Å². The van der Waals surface area contributed by atoms with Crippen molar-refractivity contribution in [1.82, 2.24) is 24.5 Å². The van der Waals surface area contributed by atoms with E-state index in [-0.39, 0.29) is 0 Å². The van der Waals surface area contributed by atoms with Crippen molar-refractivity contribution in [2.45, 2.75) is 0 Å². The number of aromatic nitrogens is 5. The third-order valence-corrected chi connectivity index (χ3v) is 9.72. The molecule has 11 rings (SSSR count). The quantitative estimate of drug-likeness (QED) is 0.188. The first-order valence-electron chi connectivity index (χ1n) is 16.8. The van der Waals surface area contributed by atoms with Crippen molar-refractivity contribution in [1.29, 1.82) is 0 Å². The van der Waals surface area contributed by atoms with E-state index in [1.54, 1.807) is 0 Å². The summed E-state index contributed by atoms with van der Waals surface area (Å²) in [6, 6.07) is 49.1. The lowest BCUT2D eigenvalue weighted by atomic mass is 10.1. The summed E-state index contributed by atoms with van der Waals surface area (Å²) < 4.78 is 15.0. The Morgan fingerprint density at radius 3 is 2.02 bits per heavy atom. The minimum absolute atomic E-state index is 0.558. The molecule has 0 amide bonds. The molecular formula is C44H25N5O2. The molecule has 0 N–H and O–H groups in total. The zero-order valence-corrected chi connectivity index (χ0v) is 27.0. The molecule has 0 saturated carbocycles. The molecule has 7 nitrogen and oxygen atoms in total. The molecule has 7 heteroatoms. The lowest BCUT2D eigenvalue weighted by molar-refractivity contribution is 0.668. The molecule has 6 aromatic carbocycles. The van der Waals surface area contributed by atoms with Crippen LogP contribution in [0.25, 0.3) is 106 Å². The van der Waals surface area contributed by atoms with Crippen molar-refractivity contribution in [3.8, 4) is 39.9 Å². The number of pyridine rings is 1. The van der Waals surface area contributed by atoms with Gasteiger partial charge >= 0.3 is 0 Å². The Labute approximate surface area is 290 Å². The van der Waals surface area contributed by atoms with E-state index >= 15 is 0 Å². The van der Waals surface area contributed by atoms with Crippen LogP contribution in [0.3, 0.4) is 0 Å². The van der Waals surface area contributed by atoms with Gasteiger partial charge in [-0.05, 0) is 54.6 Å². The van der Waals surface area contributed by atoms with Gasteiger partial charge in [0.25, 0.3) is 0 Å². The highest BCUT2D eigenvalue weighted by Crippen LogP contribution is 2.38. The number of hydrogen-bond acceptors (Lipinski definition) is 6. The number of benzene rings is 6. The third-order valence-electron chi connectivity index (χ3n) is 9.72. The minimum atomic E-state index is 0.558. The highest BCUT2D eigenvalue weighted by atomic mass is 16.3.